The summed E-state index contributed by atoms with van der Waals surface area (Å²) in [5, 5.41) is 0. The predicted octanol–water partition coefficient (Wildman–Crippen LogP) is 4.07. The Hall–Kier alpha value is -0.340. The van der Waals surface area contributed by atoms with Crippen LogP contribution in [0, 0.1) is 0 Å². The molecule has 0 aromatic heterocycles. The van der Waals surface area contributed by atoms with E-state index in [0.29, 0.717) is 12.0 Å². The summed E-state index contributed by atoms with van der Waals surface area (Å²) in [6.07, 6.45) is 3.35. The maximum Gasteiger partial charge on any atom is 0.0210 e. The van der Waals surface area contributed by atoms with Gasteiger partial charge in [0.2, 0.25) is 0 Å². The summed E-state index contributed by atoms with van der Waals surface area (Å²) in [5.74, 6) is 0.582. The zero-order valence-corrected chi connectivity index (χ0v) is 11.1. The fraction of sp³-hybridized carbons (Fsp3) is 0.538. The number of hydrogen-bond donors (Lipinski definition) is 1. The van der Waals surface area contributed by atoms with E-state index in [2.05, 4.69) is 54.0 Å². The van der Waals surface area contributed by atoms with Gasteiger partial charge in [0, 0.05) is 10.5 Å². The van der Waals surface area contributed by atoms with E-state index in [1.54, 1.807) is 0 Å². The predicted molar refractivity (Wildman–Crippen MR) is 70.1 cm³/mol. The zero-order chi connectivity index (χ0) is 11.3. The maximum atomic E-state index is 5.93. The van der Waals surface area contributed by atoms with Gasteiger partial charge in [0.25, 0.3) is 0 Å². The molecule has 0 saturated carbocycles. The molecule has 0 aliphatic heterocycles. The van der Waals surface area contributed by atoms with Gasteiger partial charge in [0.05, 0.1) is 0 Å². The molecule has 0 saturated heterocycles. The Morgan fingerprint density at radius 1 is 1.27 bits per heavy atom. The average Bonchev–Trinajstić information content (AvgIpc) is 2.26. The van der Waals surface area contributed by atoms with Crippen molar-refractivity contribution in [2.75, 3.05) is 0 Å². The highest BCUT2D eigenvalue weighted by molar-refractivity contribution is 9.10. The van der Waals surface area contributed by atoms with E-state index >= 15 is 0 Å². The smallest absolute Gasteiger partial charge is 0.0210 e. The van der Waals surface area contributed by atoms with Gasteiger partial charge in [-0.05, 0) is 36.8 Å². The Morgan fingerprint density at radius 3 is 2.53 bits per heavy atom. The van der Waals surface area contributed by atoms with Crippen molar-refractivity contribution in [2.24, 2.45) is 5.73 Å². The molecule has 2 heteroatoms. The molecule has 84 valence electrons. The average molecular weight is 270 g/mol. The van der Waals surface area contributed by atoms with Crippen LogP contribution >= 0.6 is 15.9 Å². The molecule has 0 amide bonds. The second kappa shape index (κ2) is 6.29. The molecule has 15 heavy (non-hydrogen) atoms. The fourth-order valence-electron chi connectivity index (χ4n) is 1.70. The Bertz CT molecular complexity index is 298. The molecule has 0 fully saturated rings. The molecule has 0 heterocycles. The van der Waals surface area contributed by atoms with Crippen LogP contribution in [0.4, 0.5) is 0 Å². The van der Waals surface area contributed by atoms with Gasteiger partial charge in [-0.3, -0.25) is 0 Å². The van der Waals surface area contributed by atoms with Crippen LogP contribution in [0.1, 0.15) is 44.6 Å². The largest absolute Gasteiger partial charge is 0.328 e. The van der Waals surface area contributed by atoms with E-state index in [1.807, 2.05) is 0 Å². The Labute approximate surface area is 101 Å². The van der Waals surface area contributed by atoms with Gasteiger partial charge in [-0.15, -0.1) is 0 Å². The summed E-state index contributed by atoms with van der Waals surface area (Å²) < 4.78 is 1.21. The van der Waals surface area contributed by atoms with Crippen LogP contribution in [-0.4, -0.2) is 6.04 Å². The van der Waals surface area contributed by atoms with Gasteiger partial charge in [0.1, 0.15) is 0 Å². The van der Waals surface area contributed by atoms with Crippen LogP contribution in [0.2, 0.25) is 0 Å². The van der Waals surface area contributed by atoms with Crippen LogP contribution < -0.4 is 5.73 Å². The van der Waals surface area contributed by atoms with E-state index in [-0.39, 0.29) is 0 Å². The molecule has 1 nitrogen and oxygen atoms in total. The highest BCUT2D eigenvalue weighted by Crippen LogP contribution is 2.28. The molecule has 0 bridgehead atoms. The lowest BCUT2D eigenvalue weighted by molar-refractivity contribution is 0.530. The molecule has 0 radical (unpaired) electrons. The highest BCUT2D eigenvalue weighted by atomic mass is 79.9. The molecule has 0 spiro atoms. The summed E-state index contributed by atoms with van der Waals surface area (Å²) in [4.78, 5) is 0. The Balaban J connectivity index is 2.54. The number of hydrogen-bond acceptors (Lipinski definition) is 1. The van der Waals surface area contributed by atoms with Crippen molar-refractivity contribution in [1.82, 2.24) is 0 Å². The minimum Gasteiger partial charge on any atom is -0.328 e. The van der Waals surface area contributed by atoms with Crippen LogP contribution in [0.5, 0.6) is 0 Å². The van der Waals surface area contributed by atoms with Gasteiger partial charge in [-0.25, -0.2) is 0 Å². The van der Waals surface area contributed by atoms with Crippen LogP contribution in [-0.2, 0) is 0 Å². The van der Waals surface area contributed by atoms with Gasteiger partial charge >= 0.3 is 0 Å². The van der Waals surface area contributed by atoms with Crippen molar-refractivity contribution in [3.63, 3.8) is 0 Å². The van der Waals surface area contributed by atoms with Crippen molar-refractivity contribution in [3.8, 4) is 0 Å². The first-order chi connectivity index (χ1) is 7.15. The molecule has 0 aliphatic rings. The van der Waals surface area contributed by atoms with Crippen LogP contribution in [0.25, 0.3) is 0 Å². The van der Waals surface area contributed by atoms with Crippen molar-refractivity contribution in [1.29, 1.82) is 0 Å². The third kappa shape index (κ3) is 3.96. The monoisotopic (exact) mass is 269 g/mol. The molecule has 2 atom stereocenters. The zero-order valence-electron chi connectivity index (χ0n) is 9.54. The fourth-order valence-corrected chi connectivity index (χ4v) is 2.37. The molecule has 2 N–H and O–H groups in total. The van der Waals surface area contributed by atoms with Crippen molar-refractivity contribution in [2.45, 2.75) is 45.1 Å². The van der Waals surface area contributed by atoms with Crippen LogP contribution in [0.3, 0.4) is 0 Å². The summed E-state index contributed by atoms with van der Waals surface area (Å²) in [6.45, 7) is 4.41. The lowest BCUT2D eigenvalue weighted by Gasteiger charge is -2.16. The van der Waals surface area contributed by atoms with Crippen molar-refractivity contribution >= 4 is 15.9 Å². The highest BCUT2D eigenvalue weighted by Gasteiger charge is 2.10. The molecule has 1 aromatic rings. The number of rotatable bonds is 5. The molecule has 1 rings (SSSR count). The van der Waals surface area contributed by atoms with Gasteiger partial charge in [0.15, 0.2) is 0 Å². The summed E-state index contributed by atoms with van der Waals surface area (Å²) >= 11 is 3.59. The topological polar surface area (TPSA) is 26.0 Å². The second-order valence-electron chi connectivity index (χ2n) is 4.17. The third-order valence-corrected chi connectivity index (χ3v) is 3.65. The van der Waals surface area contributed by atoms with E-state index in [9.17, 15) is 0 Å². The number of halogens is 1. The molecular formula is C13H20BrN. The first-order valence-corrected chi connectivity index (χ1v) is 6.44. The Kier molecular flexibility index (Phi) is 5.34. The summed E-state index contributed by atoms with van der Waals surface area (Å²) in [7, 11) is 0. The number of benzene rings is 1. The summed E-state index contributed by atoms with van der Waals surface area (Å²) in [6, 6.07) is 8.79. The van der Waals surface area contributed by atoms with E-state index in [0.717, 1.165) is 19.3 Å². The van der Waals surface area contributed by atoms with E-state index in [4.69, 9.17) is 5.73 Å². The van der Waals surface area contributed by atoms with Gasteiger partial charge in [-0.1, -0.05) is 48.0 Å². The maximum absolute atomic E-state index is 5.93. The quantitative estimate of drug-likeness (QED) is 0.857. The van der Waals surface area contributed by atoms with Crippen molar-refractivity contribution < 1.29 is 0 Å². The summed E-state index contributed by atoms with van der Waals surface area (Å²) in [5.41, 5.74) is 7.32. The lowest BCUT2D eigenvalue weighted by atomic mass is 9.94. The minimum absolute atomic E-state index is 0.356. The second-order valence-corrected chi connectivity index (χ2v) is 5.02. The molecule has 1 aromatic carbocycles. The molecular weight excluding hydrogens is 250 g/mol. The minimum atomic E-state index is 0.356. The SMILES string of the molecule is CCC(N)CCC(C)c1ccccc1Br. The lowest BCUT2D eigenvalue weighted by Crippen LogP contribution is -2.18. The first-order valence-electron chi connectivity index (χ1n) is 5.65. The third-order valence-electron chi connectivity index (χ3n) is 2.93. The first kappa shape index (κ1) is 12.7. The van der Waals surface area contributed by atoms with E-state index < -0.39 is 0 Å². The standard InChI is InChI=1S/C13H20BrN/c1-3-11(15)9-8-10(2)12-6-4-5-7-13(12)14/h4-7,10-11H,3,8-9,15H2,1-2H3. The molecule has 2 unspecified atom stereocenters. The number of nitrogens with two attached hydrogens (primary N) is 1. The van der Waals surface area contributed by atoms with Gasteiger partial charge in [-0.2, -0.15) is 0 Å². The van der Waals surface area contributed by atoms with Crippen LogP contribution in [0.15, 0.2) is 28.7 Å². The molecule has 0 aliphatic carbocycles. The van der Waals surface area contributed by atoms with Gasteiger partial charge < -0.3 is 5.73 Å². The Morgan fingerprint density at radius 2 is 1.93 bits per heavy atom. The normalized spacial score (nSPS) is 14.9. The van der Waals surface area contributed by atoms with Crippen molar-refractivity contribution in [3.05, 3.63) is 34.3 Å². The van der Waals surface area contributed by atoms with E-state index in [1.165, 1.54) is 10.0 Å².